The summed E-state index contributed by atoms with van der Waals surface area (Å²) >= 11 is 12.0. The van der Waals surface area contributed by atoms with Gasteiger partial charge < -0.3 is 10.1 Å². The summed E-state index contributed by atoms with van der Waals surface area (Å²) in [6, 6.07) is 12.6. The number of benzene rings is 2. The maximum absolute atomic E-state index is 12.7. The summed E-state index contributed by atoms with van der Waals surface area (Å²) in [6.07, 6.45) is 1.79. The molecule has 0 spiro atoms. The van der Waals surface area contributed by atoms with Crippen LogP contribution in [0.3, 0.4) is 0 Å². The average molecular weight is 421 g/mol. The molecule has 28 heavy (non-hydrogen) atoms. The van der Waals surface area contributed by atoms with Crippen LogP contribution < -0.4 is 5.32 Å². The van der Waals surface area contributed by atoms with Gasteiger partial charge in [-0.15, -0.1) is 0 Å². The van der Waals surface area contributed by atoms with E-state index in [0.717, 1.165) is 25.9 Å². The van der Waals surface area contributed by atoms with Gasteiger partial charge in [-0.05, 0) is 55.3 Å². The van der Waals surface area contributed by atoms with E-state index in [2.05, 4.69) is 10.2 Å². The fourth-order valence-corrected chi connectivity index (χ4v) is 3.70. The van der Waals surface area contributed by atoms with E-state index in [-0.39, 0.29) is 22.4 Å². The van der Waals surface area contributed by atoms with Crippen LogP contribution in [0.4, 0.5) is 5.69 Å². The molecule has 1 atom stereocenters. The van der Waals surface area contributed by atoms with Gasteiger partial charge in [0.2, 0.25) is 5.91 Å². The fraction of sp³-hybridized carbons (Fsp3) is 0.333. The number of hydrogen-bond acceptors (Lipinski definition) is 4. The van der Waals surface area contributed by atoms with Crippen LogP contribution in [0.1, 0.15) is 28.8 Å². The summed E-state index contributed by atoms with van der Waals surface area (Å²) in [5, 5.41) is 3.91. The number of hydrogen-bond donors (Lipinski definition) is 1. The third-order valence-electron chi connectivity index (χ3n) is 4.83. The molecular formula is C21H22Cl2N2O3. The lowest BCUT2D eigenvalue weighted by Crippen LogP contribution is -2.40. The summed E-state index contributed by atoms with van der Waals surface area (Å²) < 4.78 is 4.72. The Morgan fingerprint density at radius 3 is 2.64 bits per heavy atom. The Balaban J connectivity index is 1.62. The minimum absolute atomic E-state index is 0.0565. The van der Waals surface area contributed by atoms with Gasteiger partial charge in [0, 0.05) is 23.8 Å². The lowest BCUT2D eigenvalue weighted by atomic mass is 9.96. The average Bonchev–Trinajstić information content (AvgIpc) is 2.70. The van der Waals surface area contributed by atoms with Crippen molar-refractivity contribution in [2.75, 3.05) is 25.5 Å². The number of esters is 1. The van der Waals surface area contributed by atoms with E-state index >= 15 is 0 Å². The van der Waals surface area contributed by atoms with Gasteiger partial charge in [-0.3, -0.25) is 9.69 Å². The Bertz CT molecular complexity index is 855. The molecule has 148 valence electrons. The molecule has 2 aromatic rings. The summed E-state index contributed by atoms with van der Waals surface area (Å²) in [5.41, 5.74) is 1.94. The topological polar surface area (TPSA) is 58.6 Å². The van der Waals surface area contributed by atoms with Gasteiger partial charge in [-0.2, -0.15) is 0 Å². The number of nitrogens with zero attached hydrogens (tertiary/aromatic N) is 1. The van der Waals surface area contributed by atoms with Crippen LogP contribution in [-0.2, 0) is 16.1 Å². The maximum atomic E-state index is 12.7. The smallest absolute Gasteiger partial charge is 0.339 e. The number of ether oxygens (including phenoxy) is 1. The molecular weight excluding hydrogens is 399 g/mol. The standard InChI is InChI=1S/C21H22Cl2N2O3/c1-28-21(27)18-11-17(8-9-19(18)23)24-20(26)15-3-2-10-25(13-15)12-14-4-6-16(22)7-5-14/h4-9,11,15H,2-3,10,12-13H2,1H3,(H,24,26). The van der Waals surface area contributed by atoms with E-state index < -0.39 is 5.97 Å². The first-order chi connectivity index (χ1) is 13.5. The van der Waals surface area contributed by atoms with Crippen LogP contribution in [-0.4, -0.2) is 37.0 Å². The molecule has 2 aromatic carbocycles. The summed E-state index contributed by atoms with van der Waals surface area (Å²) in [5.74, 6) is -0.704. The van der Waals surface area contributed by atoms with Gasteiger partial charge in [0.05, 0.1) is 23.6 Å². The monoisotopic (exact) mass is 420 g/mol. The Labute approximate surface area is 174 Å². The van der Waals surface area contributed by atoms with Crippen molar-refractivity contribution in [3.05, 3.63) is 63.6 Å². The predicted octanol–water partition coefficient (Wildman–Crippen LogP) is 4.63. The predicted molar refractivity (Wildman–Crippen MR) is 111 cm³/mol. The minimum atomic E-state index is -0.534. The molecule has 0 saturated carbocycles. The molecule has 0 aromatic heterocycles. The van der Waals surface area contributed by atoms with Crippen LogP contribution in [0, 0.1) is 5.92 Å². The fourth-order valence-electron chi connectivity index (χ4n) is 3.37. The second-order valence-corrected chi connectivity index (χ2v) is 7.72. The Morgan fingerprint density at radius 2 is 1.93 bits per heavy atom. The molecule has 0 aliphatic carbocycles. The molecule has 1 fully saturated rings. The van der Waals surface area contributed by atoms with E-state index in [1.807, 2.05) is 24.3 Å². The molecule has 1 heterocycles. The van der Waals surface area contributed by atoms with Crippen molar-refractivity contribution in [3.63, 3.8) is 0 Å². The van der Waals surface area contributed by atoms with Crippen LogP contribution in [0.2, 0.25) is 10.0 Å². The second-order valence-electron chi connectivity index (χ2n) is 6.88. The van der Waals surface area contributed by atoms with Gasteiger partial charge in [-0.25, -0.2) is 4.79 Å². The largest absolute Gasteiger partial charge is 0.465 e. The first kappa shape index (κ1) is 20.6. The van der Waals surface area contributed by atoms with E-state index in [1.54, 1.807) is 18.2 Å². The Hall–Kier alpha value is -2.08. The maximum Gasteiger partial charge on any atom is 0.339 e. The lowest BCUT2D eigenvalue weighted by molar-refractivity contribution is -0.121. The Morgan fingerprint density at radius 1 is 1.18 bits per heavy atom. The van der Waals surface area contributed by atoms with Gasteiger partial charge in [0.25, 0.3) is 0 Å². The highest BCUT2D eigenvalue weighted by molar-refractivity contribution is 6.33. The van der Waals surface area contributed by atoms with Gasteiger partial charge in [-0.1, -0.05) is 35.3 Å². The number of nitrogens with one attached hydrogen (secondary N) is 1. The summed E-state index contributed by atoms with van der Waals surface area (Å²) in [7, 11) is 1.29. The molecule has 1 aliphatic rings. The van der Waals surface area contributed by atoms with Crippen molar-refractivity contribution in [1.29, 1.82) is 0 Å². The van der Waals surface area contributed by atoms with Crippen molar-refractivity contribution in [1.82, 2.24) is 4.90 Å². The summed E-state index contributed by atoms with van der Waals surface area (Å²) in [4.78, 5) is 26.8. The zero-order chi connectivity index (χ0) is 20.1. The number of piperidine rings is 1. The quantitative estimate of drug-likeness (QED) is 0.716. The zero-order valence-corrected chi connectivity index (χ0v) is 17.1. The van der Waals surface area contributed by atoms with Gasteiger partial charge >= 0.3 is 5.97 Å². The highest BCUT2D eigenvalue weighted by Gasteiger charge is 2.26. The number of amides is 1. The van der Waals surface area contributed by atoms with Crippen molar-refractivity contribution < 1.29 is 14.3 Å². The van der Waals surface area contributed by atoms with Gasteiger partial charge in [0.1, 0.15) is 0 Å². The SMILES string of the molecule is COC(=O)c1cc(NC(=O)C2CCCN(Cc3ccc(Cl)cc3)C2)ccc1Cl. The van der Waals surface area contributed by atoms with Crippen LogP contribution in [0.5, 0.6) is 0 Å². The van der Waals surface area contributed by atoms with E-state index in [9.17, 15) is 9.59 Å². The van der Waals surface area contributed by atoms with Crippen molar-refractivity contribution in [3.8, 4) is 0 Å². The van der Waals surface area contributed by atoms with Gasteiger partial charge in [0.15, 0.2) is 0 Å². The van der Waals surface area contributed by atoms with Crippen molar-refractivity contribution in [2.24, 2.45) is 5.92 Å². The lowest BCUT2D eigenvalue weighted by Gasteiger charge is -2.32. The minimum Gasteiger partial charge on any atom is -0.465 e. The van der Waals surface area contributed by atoms with Crippen LogP contribution >= 0.6 is 23.2 Å². The molecule has 1 N–H and O–H groups in total. The molecule has 1 amide bonds. The molecule has 1 aliphatic heterocycles. The first-order valence-corrected chi connectivity index (χ1v) is 9.87. The van der Waals surface area contributed by atoms with E-state index in [4.69, 9.17) is 27.9 Å². The molecule has 5 nitrogen and oxygen atoms in total. The van der Waals surface area contributed by atoms with Crippen molar-refractivity contribution >= 4 is 40.8 Å². The van der Waals surface area contributed by atoms with Crippen molar-refractivity contribution in [2.45, 2.75) is 19.4 Å². The second kappa shape index (κ2) is 9.41. The molecule has 1 saturated heterocycles. The molecule has 7 heteroatoms. The number of halogens is 2. The highest BCUT2D eigenvalue weighted by Crippen LogP contribution is 2.24. The zero-order valence-electron chi connectivity index (χ0n) is 15.6. The third-order valence-corrected chi connectivity index (χ3v) is 5.42. The number of anilines is 1. The van der Waals surface area contributed by atoms with E-state index in [1.165, 1.54) is 12.7 Å². The number of rotatable bonds is 5. The number of likely N-dealkylation sites (tertiary alicyclic amines) is 1. The van der Waals surface area contributed by atoms with Crippen LogP contribution in [0.25, 0.3) is 0 Å². The number of methoxy groups -OCH3 is 1. The first-order valence-electron chi connectivity index (χ1n) is 9.12. The number of carbonyl (C=O) groups excluding carboxylic acids is 2. The normalized spacial score (nSPS) is 17.2. The highest BCUT2D eigenvalue weighted by atomic mass is 35.5. The number of carbonyl (C=O) groups is 2. The molecule has 0 bridgehead atoms. The third kappa shape index (κ3) is 5.25. The Kier molecular flexibility index (Phi) is 6.94. The van der Waals surface area contributed by atoms with Crippen LogP contribution in [0.15, 0.2) is 42.5 Å². The molecule has 1 unspecified atom stereocenters. The molecule has 3 rings (SSSR count). The molecule has 0 radical (unpaired) electrons. The van der Waals surface area contributed by atoms with E-state index in [0.29, 0.717) is 17.3 Å². The summed E-state index contributed by atoms with van der Waals surface area (Å²) in [6.45, 7) is 2.43.